The summed E-state index contributed by atoms with van der Waals surface area (Å²) in [5.41, 5.74) is 9.23. The third kappa shape index (κ3) is 2.90. The molecule has 3 nitrogen and oxygen atoms in total. The average molecular weight is 305 g/mol. The highest BCUT2D eigenvalue weighted by molar-refractivity contribution is 8.01. The van der Waals surface area contributed by atoms with Crippen molar-refractivity contribution in [2.75, 3.05) is 0 Å². The molecule has 0 saturated heterocycles. The molecule has 1 heterocycles. The zero-order valence-corrected chi connectivity index (χ0v) is 13.2. The summed E-state index contributed by atoms with van der Waals surface area (Å²) >= 11 is 3.31. The van der Waals surface area contributed by atoms with Gasteiger partial charge in [-0.05, 0) is 41.9 Å². The molecule has 0 amide bonds. The van der Waals surface area contributed by atoms with E-state index in [9.17, 15) is 0 Å². The number of benzene rings is 1. The Balaban J connectivity index is 1.80. The second-order valence-electron chi connectivity index (χ2n) is 5.10. The van der Waals surface area contributed by atoms with Crippen LogP contribution in [0.4, 0.5) is 0 Å². The van der Waals surface area contributed by atoms with Gasteiger partial charge in [-0.1, -0.05) is 43.0 Å². The van der Waals surface area contributed by atoms with Crippen LogP contribution in [-0.2, 0) is 12.8 Å². The van der Waals surface area contributed by atoms with Crippen LogP contribution in [0, 0.1) is 0 Å². The summed E-state index contributed by atoms with van der Waals surface area (Å²) in [4.78, 5) is 4.56. The van der Waals surface area contributed by atoms with E-state index in [1.54, 1.807) is 11.8 Å². The molecular weight excluding hydrogens is 286 g/mol. The summed E-state index contributed by atoms with van der Waals surface area (Å²) in [6.45, 7) is 2.09. The lowest BCUT2D eigenvalue weighted by Gasteiger charge is -2.21. The monoisotopic (exact) mass is 305 g/mol. The molecule has 1 aliphatic rings. The molecule has 0 aliphatic heterocycles. The first-order valence-corrected chi connectivity index (χ1v) is 8.76. The van der Waals surface area contributed by atoms with Crippen molar-refractivity contribution in [1.29, 1.82) is 0 Å². The number of thioether (sulfide) groups is 1. The van der Waals surface area contributed by atoms with Gasteiger partial charge < -0.3 is 5.73 Å². The van der Waals surface area contributed by atoms with Crippen molar-refractivity contribution in [2.24, 2.45) is 5.73 Å². The summed E-state index contributed by atoms with van der Waals surface area (Å²) in [6, 6.07) is 8.68. The zero-order valence-electron chi connectivity index (χ0n) is 11.6. The predicted molar refractivity (Wildman–Crippen MR) is 85.2 cm³/mol. The number of aryl methyl sites for hydroxylation is 2. The third-order valence-electron chi connectivity index (χ3n) is 3.77. The van der Waals surface area contributed by atoms with Crippen molar-refractivity contribution < 1.29 is 0 Å². The van der Waals surface area contributed by atoms with Crippen LogP contribution in [0.25, 0.3) is 0 Å². The quantitative estimate of drug-likeness (QED) is 0.880. The van der Waals surface area contributed by atoms with Crippen molar-refractivity contribution in [2.45, 2.75) is 48.2 Å². The Bertz CT molecular complexity index is 582. The standard InChI is InChI=1S/C15H19N3S2/c1-2-13-17-15(20-18-13)19-12-9-5-7-10-6-3-4-8-11(10)14(12)16/h3-4,6,8,12,14H,2,5,7,9,16H2,1H3. The predicted octanol–water partition coefficient (Wildman–Crippen LogP) is 3.60. The summed E-state index contributed by atoms with van der Waals surface area (Å²) in [5.74, 6) is 0.945. The van der Waals surface area contributed by atoms with Crippen molar-refractivity contribution in [3.63, 3.8) is 0 Å². The molecule has 1 aromatic carbocycles. The van der Waals surface area contributed by atoms with E-state index in [0.717, 1.165) is 29.4 Å². The maximum Gasteiger partial charge on any atom is 0.170 e. The highest BCUT2D eigenvalue weighted by Crippen LogP contribution is 2.38. The minimum Gasteiger partial charge on any atom is -0.323 e. The normalized spacial score (nSPS) is 22.3. The van der Waals surface area contributed by atoms with Crippen LogP contribution < -0.4 is 5.73 Å². The fourth-order valence-corrected chi connectivity index (χ4v) is 4.80. The summed E-state index contributed by atoms with van der Waals surface area (Å²) < 4.78 is 5.42. The number of rotatable bonds is 3. The van der Waals surface area contributed by atoms with Gasteiger partial charge in [0.25, 0.3) is 0 Å². The Labute approximate surface area is 128 Å². The molecule has 2 N–H and O–H groups in total. The number of nitrogens with two attached hydrogens (primary N) is 1. The molecule has 20 heavy (non-hydrogen) atoms. The first-order chi connectivity index (χ1) is 9.78. The fourth-order valence-electron chi connectivity index (χ4n) is 2.65. The van der Waals surface area contributed by atoms with E-state index in [0.29, 0.717) is 5.25 Å². The highest BCUT2D eigenvalue weighted by atomic mass is 32.2. The van der Waals surface area contributed by atoms with Crippen molar-refractivity contribution in [3.8, 4) is 0 Å². The van der Waals surface area contributed by atoms with E-state index in [4.69, 9.17) is 5.73 Å². The average Bonchev–Trinajstić information content (AvgIpc) is 2.87. The number of nitrogens with zero attached hydrogens (tertiary/aromatic N) is 2. The van der Waals surface area contributed by atoms with Gasteiger partial charge in [0, 0.05) is 17.7 Å². The molecule has 0 fully saturated rings. The first kappa shape index (κ1) is 14.0. The molecule has 0 radical (unpaired) electrons. The molecule has 106 valence electrons. The molecule has 1 aromatic heterocycles. The zero-order chi connectivity index (χ0) is 13.9. The molecule has 2 aromatic rings. The molecule has 0 spiro atoms. The topological polar surface area (TPSA) is 51.8 Å². The van der Waals surface area contributed by atoms with Crippen LogP contribution >= 0.6 is 23.3 Å². The van der Waals surface area contributed by atoms with Gasteiger partial charge in [-0.15, -0.1) is 0 Å². The number of hydrogen-bond donors (Lipinski definition) is 1. The Morgan fingerprint density at radius 1 is 1.40 bits per heavy atom. The Morgan fingerprint density at radius 2 is 2.25 bits per heavy atom. The van der Waals surface area contributed by atoms with Gasteiger partial charge in [-0.3, -0.25) is 0 Å². The minimum absolute atomic E-state index is 0.0904. The lowest BCUT2D eigenvalue weighted by molar-refractivity contribution is 0.632. The van der Waals surface area contributed by atoms with Gasteiger partial charge in [0.2, 0.25) is 0 Å². The van der Waals surface area contributed by atoms with Crippen LogP contribution in [0.1, 0.15) is 42.8 Å². The van der Waals surface area contributed by atoms with Crippen LogP contribution in [0.3, 0.4) is 0 Å². The van der Waals surface area contributed by atoms with Crippen molar-refractivity contribution >= 4 is 23.3 Å². The van der Waals surface area contributed by atoms with E-state index in [1.165, 1.54) is 29.1 Å². The van der Waals surface area contributed by atoms with Gasteiger partial charge in [-0.2, -0.15) is 4.37 Å². The number of fused-ring (bicyclic) bond motifs is 1. The summed E-state index contributed by atoms with van der Waals surface area (Å²) in [7, 11) is 0. The van der Waals surface area contributed by atoms with E-state index in [2.05, 4.69) is 40.5 Å². The number of aromatic nitrogens is 2. The van der Waals surface area contributed by atoms with Gasteiger partial charge in [-0.25, -0.2) is 4.98 Å². The Hall–Kier alpha value is -0.910. The van der Waals surface area contributed by atoms with Crippen LogP contribution in [0.5, 0.6) is 0 Å². The van der Waals surface area contributed by atoms with Crippen LogP contribution in [-0.4, -0.2) is 14.6 Å². The SMILES string of the molecule is CCc1nsc(SC2CCCc3ccccc3C2N)n1. The first-order valence-electron chi connectivity index (χ1n) is 7.10. The lowest BCUT2D eigenvalue weighted by atomic mass is 10.00. The lowest BCUT2D eigenvalue weighted by Crippen LogP contribution is -2.23. The molecule has 1 aliphatic carbocycles. The van der Waals surface area contributed by atoms with Crippen molar-refractivity contribution in [1.82, 2.24) is 9.36 Å². The Kier molecular flexibility index (Phi) is 4.38. The van der Waals surface area contributed by atoms with Crippen LogP contribution in [0.2, 0.25) is 0 Å². The molecule has 2 atom stereocenters. The summed E-state index contributed by atoms with van der Waals surface area (Å²) in [6.07, 6.45) is 4.37. The van der Waals surface area contributed by atoms with E-state index >= 15 is 0 Å². The van der Waals surface area contributed by atoms with Gasteiger partial charge in [0.1, 0.15) is 5.82 Å². The largest absolute Gasteiger partial charge is 0.323 e. The number of hydrogen-bond acceptors (Lipinski definition) is 5. The smallest absolute Gasteiger partial charge is 0.170 e. The molecule has 0 bridgehead atoms. The molecule has 2 unspecified atom stereocenters. The van der Waals surface area contributed by atoms with Gasteiger partial charge >= 0.3 is 0 Å². The summed E-state index contributed by atoms with van der Waals surface area (Å²) in [5, 5.41) is 0.399. The van der Waals surface area contributed by atoms with E-state index in [-0.39, 0.29) is 6.04 Å². The van der Waals surface area contributed by atoms with Crippen molar-refractivity contribution in [3.05, 3.63) is 41.2 Å². The second kappa shape index (κ2) is 6.24. The Morgan fingerprint density at radius 3 is 3.05 bits per heavy atom. The maximum absolute atomic E-state index is 6.51. The fraction of sp³-hybridized carbons (Fsp3) is 0.467. The van der Waals surface area contributed by atoms with E-state index in [1.807, 2.05) is 0 Å². The highest BCUT2D eigenvalue weighted by Gasteiger charge is 2.26. The molecule has 3 rings (SSSR count). The molecular formula is C15H19N3S2. The third-order valence-corrected chi connectivity index (χ3v) is 5.95. The molecule has 5 heteroatoms. The van der Waals surface area contributed by atoms with Crippen LogP contribution in [0.15, 0.2) is 28.6 Å². The van der Waals surface area contributed by atoms with Gasteiger partial charge in [0.15, 0.2) is 4.34 Å². The minimum atomic E-state index is 0.0904. The van der Waals surface area contributed by atoms with E-state index < -0.39 is 0 Å². The van der Waals surface area contributed by atoms with Gasteiger partial charge in [0.05, 0.1) is 0 Å². The maximum atomic E-state index is 6.51. The second-order valence-corrected chi connectivity index (χ2v) is 7.34. The molecule has 0 saturated carbocycles.